The Labute approximate surface area is 116 Å². The second-order valence-corrected chi connectivity index (χ2v) is 6.39. The fourth-order valence-corrected chi connectivity index (χ4v) is 2.96. The van der Waals surface area contributed by atoms with Gasteiger partial charge >= 0.3 is 7.60 Å². The molecule has 0 aliphatic carbocycles. The number of benzene rings is 1. The van der Waals surface area contributed by atoms with Crippen LogP contribution in [0.3, 0.4) is 0 Å². The first-order valence-electron chi connectivity index (χ1n) is 5.76. The molecule has 0 aromatic heterocycles. The van der Waals surface area contributed by atoms with Gasteiger partial charge in [-0.05, 0) is 17.7 Å². The predicted octanol–water partition coefficient (Wildman–Crippen LogP) is 3.22. The van der Waals surface area contributed by atoms with E-state index >= 15 is 0 Å². The number of halogens is 1. The molecule has 0 heterocycles. The van der Waals surface area contributed by atoms with E-state index in [0.29, 0.717) is 13.1 Å². The van der Waals surface area contributed by atoms with E-state index in [2.05, 4.69) is 26.9 Å². The molecular weight excluding hydrogens is 319 g/mol. The molecule has 7 heteroatoms. The van der Waals surface area contributed by atoms with Crippen LogP contribution in [0.1, 0.15) is 19.4 Å². The van der Waals surface area contributed by atoms with Gasteiger partial charge in [0, 0.05) is 17.6 Å². The largest absolute Gasteiger partial charge is 0.367 e. The Hall–Kier alpha value is -0.230. The SMILES string of the molecule is CCNOP(=O)(Cc1ccc(Br)cc1)ONCC. The molecule has 0 unspecified atom stereocenters. The van der Waals surface area contributed by atoms with Gasteiger partial charge < -0.3 is 0 Å². The van der Waals surface area contributed by atoms with Gasteiger partial charge in [-0.25, -0.2) is 9.25 Å². The van der Waals surface area contributed by atoms with Gasteiger partial charge in [0.2, 0.25) is 0 Å². The normalized spacial score (nSPS) is 11.7. The molecule has 0 aliphatic rings. The van der Waals surface area contributed by atoms with Crippen molar-refractivity contribution in [2.24, 2.45) is 0 Å². The number of hydrogen-bond acceptors (Lipinski definition) is 5. The van der Waals surface area contributed by atoms with Crippen molar-refractivity contribution in [2.75, 3.05) is 13.1 Å². The van der Waals surface area contributed by atoms with Crippen molar-refractivity contribution in [1.82, 2.24) is 11.0 Å². The van der Waals surface area contributed by atoms with Crippen molar-refractivity contribution in [3.63, 3.8) is 0 Å². The highest BCUT2D eigenvalue weighted by molar-refractivity contribution is 9.10. The molecule has 102 valence electrons. The Bertz CT molecular complexity index is 388. The number of hydrogen-bond donors (Lipinski definition) is 2. The number of hydroxylamine groups is 2. The molecule has 0 aliphatic heterocycles. The third-order valence-electron chi connectivity index (χ3n) is 1.99. The van der Waals surface area contributed by atoms with E-state index in [0.717, 1.165) is 10.0 Å². The lowest BCUT2D eigenvalue weighted by Crippen LogP contribution is -2.19. The van der Waals surface area contributed by atoms with E-state index in [-0.39, 0.29) is 6.16 Å². The summed E-state index contributed by atoms with van der Waals surface area (Å²) in [4.78, 5) is 0. The zero-order valence-electron chi connectivity index (χ0n) is 10.5. The van der Waals surface area contributed by atoms with Crippen LogP contribution in [0.5, 0.6) is 0 Å². The molecule has 0 saturated heterocycles. The molecule has 0 fully saturated rings. The third kappa shape index (κ3) is 5.61. The molecule has 0 bridgehead atoms. The van der Waals surface area contributed by atoms with Crippen molar-refractivity contribution in [1.29, 1.82) is 0 Å². The first-order chi connectivity index (χ1) is 8.59. The van der Waals surface area contributed by atoms with Gasteiger partial charge in [-0.3, -0.25) is 4.57 Å². The van der Waals surface area contributed by atoms with Crippen LogP contribution in [-0.4, -0.2) is 13.1 Å². The van der Waals surface area contributed by atoms with E-state index in [1.54, 1.807) is 0 Å². The van der Waals surface area contributed by atoms with Crippen LogP contribution in [0, 0.1) is 0 Å². The zero-order valence-corrected chi connectivity index (χ0v) is 13.0. The molecule has 0 saturated carbocycles. The lowest BCUT2D eigenvalue weighted by Gasteiger charge is -2.17. The summed E-state index contributed by atoms with van der Waals surface area (Å²) >= 11 is 3.35. The molecule has 5 nitrogen and oxygen atoms in total. The molecule has 1 aromatic rings. The molecule has 2 N–H and O–H groups in total. The minimum atomic E-state index is -3.23. The lowest BCUT2D eigenvalue weighted by atomic mass is 10.2. The fraction of sp³-hybridized carbons (Fsp3) is 0.455. The quantitative estimate of drug-likeness (QED) is 0.563. The van der Waals surface area contributed by atoms with Gasteiger partial charge in [0.05, 0.1) is 6.16 Å². The van der Waals surface area contributed by atoms with Gasteiger partial charge in [-0.15, -0.1) is 0 Å². The summed E-state index contributed by atoms with van der Waals surface area (Å²) in [5.41, 5.74) is 6.07. The highest BCUT2D eigenvalue weighted by Gasteiger charge is 2.26. The predicted molar refractivity (Wildman–Crippen MR) is 75.0 cm³/mol. The first-order valence-corrected chi connectivity index (χ1v) is 8.28. The van der Waals surface area contributed by atoms with Crippen LogP contribution in [0.2, 0.25) is 0 Å². The van der Waals surface area contributed by atoms with Crippen LogP contribution in [0.25, 0.3) is 0 Å². The first kappa shape index (κ1) is 15.8. The smallest absolute Gasteiger partial charge is 0.257 e. The third-order valence-corrected chi connectivity index (χ3v) is 4.08. The molecule has 1 rings (SSSR count). The van der Waals surface area contributed by atoms with Gasteiger partial charge in [-0.1, -0.05) is 41.9 Å². The van der Waals surface area contributed by atoms with Gasteiger partial charge in [0.15, 0.2) is 0 Å². The van der Waals surface area contributed by atoms with Gasteiger partial charge in [0.25, 0.3) is 0 Å². The molecule has 1 aromatic carbocycles. The average molecular weight is 337 g/mol. The lowest BCUT2D eigenvalue weighted by molar-refractivity contribution is 0.104. The molecule has 0 atom stereocenters. The van der Waals surface area contributed by atoms with E-state index in [1.165, 1.54) is 0 Å². The Morgan fingerprint density at radius 3 is 2.06 bits per heavy atom. The molecule has 0 radical (unpaired) electrons. The van der Waals surface area contributed by atoms with E-state index < -0.39 is 7.60 Å². The van der Waals surface area contributed by atoms with E-state index in [9.17, 15) is 4.57 Å². The maximum absolute atomic E-state index is 12.4. The Kier molecular flexibility index (Phi) is 7.07. The Morgan fingerprint density at radius 2 is 1.61 bits per heavy atom. The topological polar surface area (TPSA) is 59.6 Å². The second kappa shape index (κ2) is 8.04. The van der Waals surface area contributed by atoms with E-state index in [1.807, 2.05) is 38.1 Å². The molecule has 0 amide bonds. The standard InChI is InChI=1S/C11H18BrN2O3P/c1-3-13-16-18(15,17-14-4-2)9-10-5-7-11(12)8-6-10/h5-8,13-14H,3-4,9H2,1-2H3. The van der Waals surface area contributed by atoms with Crippen LogP contribution >= 0.6 is 23.5 Å². The van der Waals surface area contributed by atoms with Crippen molar-refractivity contribution >= 4 is 23.5 Å². The minimum absolute atomic E-state index is 0.209. The maximum atomic E-state index is 12.4. The van der Waals surface area contributed by atoms with Crippen molar-refractivity contribution in [3.8, 4) is 0 Å². The van der Waals surface area contributed by atoms with Crippen molar-refractivity contribution in [3.05, 3.63) is 34.3 Å². The molecule has 0 spiro atoms. The number of nitrogens with one attached hydrogen (secondary N) is 2. The van der Waals surface area contributed by atoms with Gasteiger partial charge in [-0.2, -0.15) is 11.0 Å². The summed E-state index contributed by atoms with van der Waals surface area (Å²) in [5, 5.41) is 0. The highest BCUT2D eigenvalue weighted by atomic mass is 79.9. The van der Waals surface area contributed by atoms with E-state index in [4.69, 9.17) is 9.25 Å². The van der Waals surface area contributed by atoms with Gasteiger partial charge in [0.1, 0.15) is 0 Å². The second-order valence-electron chi connectivity index (χ2n) is 3.57. The minimum Gasteiger partial charge on any atom is -0.257 e. The summed E-state index contributed by atoms with van der Waals surface area (Å²) in [6.07, 6.45) is 0.209. The molecule has 18 heavy (non-hydrogen) atoms. The Morgan fingerprint density at radius 1 is 1.11 bits per heavy atom. The highest BCUT2D eigenvalue weighted by Crippen LogP contribution is 2.49. The fourth-order valence-electron chi connectivity index (χ4n) is 1.22. The maximum Gasteiger partial charge on any atom is 0.367 e. The van der Waals surface area contributed by atoms with Crippen LogP contribution in [0.4, 0.5) is 0 Å². The zero-order chi connectivity index (χ0) is 13.4. The molecular formula is C11H18BrN2O3P. The van der Waals surface area contributed by atoms with Crippen LogP contribution < -0.4 is 11.0 Å². The summed E-state index contributed by atoms with van der Waals surface area (Å²) in [5.74, 6) is 0. The van der Waals surface area contributed by atoms with Crippen LogP contribution in [-0.2, 0) is 20.0 Å². The Balaban J connectivity index is 2.70. The summed E-state index contributed by atoms with van der Waals surface area (Å²) in [6.45, 7) is 4.83. The number of rotatable bonds is 8. The summed E-state index contributed by atoms with van der Waals surface area (Å²) < 4.78 is 23.6. The summed E-state index contributed by atoms with van der Waals surface area (Å²) in [7, 11) is -3.23. The monoisotopic (exact) mass is 336 g/mol. The summed E-state index contributed by atoms with van der Waals surface area (Å²) in [6, 6.07) is 7.53. The van der Waals surface area contributed by atoms with Crippen molar-refractivity contribution in [2.45, 2.75) is 20.0 Å². The average Bonchev–Trinajstić information content (AvgIpc) is 2.37. The van der Waals surface area contributed by atoms with Crippen LogP contribution in [0.15, 0.2) is 28.7 Å². The van der Waals surface area contributed by atoms with Crippen molar-refractivity contribution < 1.29 is 13.8 Å².